The average molecular weight is 370 g/mol. The van der Waals surface area contributed by atoms with Crippen molar-refractivity contribution >= 4 is 17.7 Å². The van der Waals surface area contributed by atoms with Crippen LogP contribution >= 0.6 is 0 Å². The van der Waals surface area contributed by atoms with Crippen LogP contribution in [-0.2, 0) is 9.53 Å². The molecule has 0 atom stereocenters. The predicted molar refractivity (Wildman–Crippen MR) is 103 cm³/mol. The zero-order valence-corrected chi connectivity index (χ0v) is 16.0. The highest BCUT2D eigenvalue weighted by Crippen LogP contribution is 2.24. The van der Waals surface area contributed by atoms with E-state index in [1.807, 2.05) is 57.3 Å². The Bertz CT molecular complexity index is 788. The van der Waals surface area contributed by atoms with Crippen LogP contribution in [0.1, 0.15) is 33.6 Å². The number of amides is 2. The monoisotopic (exact) mass is 370 g/mol. The summed E-state index contributed by atoms with van der Waals surface area (Å²) >= 11 is 0. The molecule has 1 aromatic carbocycles. The van der Waals surface area contributed by atoms with Gasteiger partial charge in [-0.05, 0) is 51.8 Å². The summed E-state index contributed by atoms with van der Waals surface area (Å²) in [5.41, 5.74) is 1.03. The number of nitrogens with zero attached hydrogens (tertiary/aromatic N) is 3. The van der Waals surface area contributed by atoms with Gasteiger partial charge in [0.05, 0.1) is 11.4 Å². The Hall–Kier alpha value is -2.83. The number of para-hydroxylation sites is 2. The number of aromatic nitrogens is 2. The third-order valence-corrected chi connectivity index (χ3v) is 4.43. The number of benzene rings is 1. The van der Waals surface area contributed by atoms with E-state index >= 15 is 0 Å². The van der Waals surface area contributed by atoms with Crippen LogP contribution in [0, 0.1) is 5.92 Å². The van der Waals surface area contributed by atoms with E-state index < -0.39 is 5.60 Å². The van der Waals surface area contributed by atoms with Gasteiger partial charge in [0, 0.05) is 31.4 Å². The van der Waals surface area contributed by atoms with Gasteiger partial charge in [-0.25, -0.2) is 9.48 Å². The third-order valence-electron chi connectivity index (χ3n) is 4.43. The Morgan fingerprint density at radius 3 is 2.48 bits per heavy atom. The van der Waals surface area contributed by atoms with Gasteiger partial charge in [-0.3, -0.25) is 4.79 Å². The molecule has 0 radical (unpaired) electrons. The third kappa shape index (κ3) is 4.87. The number of anilines is 1. The molecule has 1 aliphatic heterocycles. The summed E-state index contributed by atoms with van der Waals surface area (Å²) in [4.78, 5) is 26.5. The van der Waals surface area contributed by atoms with Crippen molar-refractivity contribution < 1.29 is 14.3 Å². The lowest BCUT2D eigenvalue weighted by Crippen LogP contribution is -2.43. The second kappa shape index (κ2) is 7.82. The lowest BCUT2D eigenvalue weighted by molar-refractivity contribution is -0.121. The molecule has 1 fully saturated rings. The van der Waals surface area contributed by atoms with Crippen LogP contribution in [0.4, 0.5) is 10.5 Å². The minimum absolute atomic E-state index is 0.0292. The summed E-state index contributed by atoms with van der Waals surface area (Å²) in [5, 5.41) is 7.25. The van der Waals surface area contributed by atoms with Gasteiger partial charge in [-0.2, -0.15) is 5.10 Å². The summed E-state index contributed by atoms with van der Waals surface area (Å²) in [5.74, 6) is -0.159. The smallest absolute Gasteiger partial charge is 0.410 e. The first-order valence-electron chi connectivity index (χ1n) is 9.21. The number of hydrogen-bond donors (Lipinski definition) is 1. The van der Waals surface area contributed by atoms with Gasteiger partial charge in [-0.15, -0.1) is 0 Å². The summed E-state index contributed by atoms with van der Waals surface area (Å²) in [6.07, 6.45) is 4.46. The Morgan fingerprint density at radius 2 is 1.85 bits per heavy atom. The fourth-order valence-electron chi connectivity index (χ4n) is 3.08. The van der Waals surface area contributed by atoms with Crippen LogP contribution < -0.4 is 5.32 Å². The number of piperidine rings is 1. The zero-order valence-electron chi connectivity index (χ0n) is 16.0. The highest BCUT2D eigenvalue weighted by atomic mass is 16.6. The molecule has 1 saturated heterocycles. The van der Waals surface area contributed by atoms with E-state index in [0.717, 1.165) is 11.4 Å². The first-order valence-corrected chi connectivity index (χ1v) is 9.21. The molecular weight excluding hydrogens is 344 g/mol. The standard InChI is InChI=1S/C20H26N4O3/c1-20(2,3)27-19(26)23-13-9-15(10-14-23)18(25)22-16-7-4-5-8-17(16)24-12-6-11-21-24/h4-8,11-12,15H,9-10,13-14H2,1-3H3,(H,22,25). The van der Waals surface area contributed by atoms with E-state index in [2.05, 4.69) is 10.4 Å². The van der Waals surface area contributed by atoms with Crippen LogP contribution in [0.25, 0.3) is 5.69 Å². The van der Waals surface area contributed by atoms with Crippen molar-refractivity contribution in [2.45, 2.75) is 39.2 Å². The molecule has 7 heteroatoms. The number of rotatable bonds is 3. The molecule has 3 rings (SSSR count). The lowest BCUT2D eigenvalue weighted by atomic mass is 9.96. The number of ether oxygens (including phenoxy) is 1. The molecule has 1 aromatic heterocycles. The van der Waals surface area contributed by atoms with E-state index in [-0.39, 0.29) is 17.9 Å². The number of carbonyl (C=O) groups is 2. The van der Waals surface area contributed by atoms with Gasteiger partial charge in [-0.1, -0.05) is 12.1 Å². The van der Waals surface area contributed by atoms with E-state index in [4.69, 9.17) is 4.74 Å². The topological polar surface area (TPSA) is 76.5 Å². The van der Waals surface area contributed by atoms with Gasteiger partial charge < -0.3 is 15.0 Å². The van der Waals surface area contributed by atoms with Crippen LogP contribution in [0.5, 0.6) is 0 Å². The molecule has 0 aliphatic carbocycles. The summed E-state index contributed by atoms with van der Waals surface area (Å²) in [7, 11) is 0. The van der Waals surface area contributed by atoms with Crippen molar-refractivity contribution in [3.05, 3.63) is 42.7 Å². The number of nitrogens with one attached hydrogen (secondary N) is 1. The highest BCUT2D eigenvalue weighted by Gasteiger charge is 2.30. The maximum absolute atomic E-state index is 12.7. The molecule has 0 bridgehead atoms. The van der Waals surface area contributed by atoms with Crippen molar-refractivity contribution in [1.29, 1.82) is 0 Å². The summed E-state index contributed by atoms with van der Waals surface area (Å²) in [6.45, 7) is 6.59. The van der Waals surface area contributed by atoms with Crippen LogP contribution in [0.15, 0.2) is 42.7 Å². The molecule has 0 saturated carbocycles. The van der Waals surface area contributed by atoms with Crippen LogP contribution in [-0.4, -0.2) is 45.4 Å². The van der Waals surface area contributed by atoms with Gasteiger partial charge in [0.2, 0.25) is 5.91 Å². The largest absolute Gasteiger partial charge is 0.444 e. The van der Waals surface area contributed by atoms with E-state index in [0.29, 0.717) is 25.9 Å². The Balaban J connectivity index is 1.59. The molecule has 2 aromatic rings. The van der Waals surface area contributed by atoms with Crippen molar-refractivity contribution in [3.8, 4) is 5.69 Å². The number of hydrogen-bond acceptors (Lipinski definition) is 4. The molecule has 144 valence electrons. The summed E-state index contributed by atoms with van der Waals surface area (Å²) < 4.78 is 7.13. The quantitative estimate of drug-likeness (QED) is 0.898. The molecular formula is C20H26N4O3. The molecule has 1 N–H and O–H groups in total. The Labute approximate surface area is 159 Å². The van der Waals surface area contributed by atoms with Gasteiger partial charge in [0.1, 0.15) is 5.60 Å². The van der Waals surface area contributed by atoms with Gasteiger partial charge >= 0.3 is 6.09 Å². The number of carbonyl (C=O) groups excluding carboxylic acids is 2. The molecule has 2 heterocycles. The van der Waals surface area contributed by atoms with Crippen molar-refractivity contribution in [3.63, 3.8) is 0 Å². The maximum Gasteiger partial charge on any atom is 0.410 e. The van der Waals surface area contributed by atoms with Gasteiger partial charge in [0.15, 0.2) is 0 Å². The van der Waals surface area contributed by atoms with Crippen molar-refractivity contribution in [1.82, 2.24) is 14.7 Å². The van der Waals surface area contributed by atoms with E-state index in [1.54, 1.807) is 15.8 Å². The lowest BCUT2D eigenvalue weighted by Gasteiger charge is -2.33. The molecule has 0 unspecified atom stereocenters. The Morgan fingerprint density at radius 1 is 1.15 bits per heavy atom. The van der Waals surface area contributed by atoms with Crippen molar-refractivity contribution in [2.75, 3.05) is 18.4 Å². The number of likely N-dealkylation sites (tertiary alicyclic amines) is 1. The highest BCUT2D eigenvalue weighted by molar-refractivity contribution is 5.94. The van der Waals surface area contributed by atoms with E-state index in [1.165, 1.54) is 0 Å². The van der Waals surface area contributed by atoms with E-state index in [9.17, 15) is 9.59 Å². The minimum atomic E-state index is -0.512. The Kier molecular flexibility index (Phi) is 5.48. The normalized spacial score (nSPS) is 15.4. The first-order chi connectivity index (χ1) is 12.8. The molecule has 0 spiro atoms. The zero-order chi connectivity index (χ0) is 19.4. The predicted octanol–water partition coefficient (Wildman–Crippen LogP) is 3.46. The average Bonchev–Trinajstić information content (AvgIpc) is 3.15. The fourth-order valence-corrected chi connectivity index (χ4v) is 3.08. The van der Waals surface area contributed by atoms with Gasteiger partial charge in [0.25, 0.3) is 0 Å². The van der Waals surface area contributed by atoms with Crippen LogP contribution in [0.3, 0.4) is 0 Å². The molecule has 1 aliphatic rings. The molecule has 27 heavy (non-hydrogen) atoms. The maximum atomic E-state index is 12.7. The minimum Gasteiger partial charge on any atom is -0.444 e. The fraction of sp³-hybridized carbons (Fsp3) is 0.450. The first kappa shape index (κ1) is 18.9. The van der Waals surface area contributed by atoms with Crippen molar-refractivity contribution in [2.24, 2.45) is 5.92 Å². The second-order valence-electron chi connectivity index (χ2n) is 7.70. The molecule has 2 amide bonds. The summed E-state index contributed by atoms with van der Waals surface area (Å²) in [6, 6.07) is 9.41. The molecule has 7 nitrogen and oxygen atoms in total. The SMILES string of the molecule is CC(C)(C)OC(=O)N1CCC(C(=O)Nc2ccccc2-n2cccn2)CC1. The van der Waals surface area contributed by atoms with Crippen LogP contribution in [0.2, 0.25) is 0 Å². The second-order valence-corrected chi connectivity index (χ2v) is 7.70.